The number of nitrogens with zero attached hydrogens (tertiary/aromatic N) is 4. The molecule has 0 aliphatic carbocycles. The van der Waals surface area contributed by atoms with Crippen molar-refractivity contribution in [1.82, 2.24) is 23.7 Å². The second-order valence-electron chi connectivity index (χ2n) is 8.71. The first-order chi connectivity index (χ1) is 17.7. The fourth-order valence-corrected chi connectivity index (χ4v) is 5.40. The van der Waals surface area contributed by atoms with Gasteiger partial charge in [0.15, 0.2) is 5.65 Å². The van der Waals surface area contributed by atoms with Crippen molar-refractivity contribution in [1.29, 1.82) is 0 Å². The Labute approximate surface area is 215 Å². The van der Waals surface area contributed by atoms with E-state index >= 15 is 0 Å². The molecule has 10 nitrogen and oxygen atoms in total. The van der Waals surface area contributed by atoms with E-state index in [0.29, 0.717) is 47.1 Å². The van der Waals surface area contributed by atoms with E-state index in [1.54, 1.807) is 37.3 Å². The molecular weight excluding hydrogens is 494 g/mol. The predicted octanol–water partition coefficient (Wildman–Crippen LogP) is 3.10. The number of aryl methyl sites for hydroxylation is 2. The van der Waals surface area contributed by atoms with Gasteiger partial charge >= 0.3 is 5.69 Å². The van der Waals surface area contributed by atoms with Crippen LogP contribution in [0, 0.1) is 6.92 Å². The van der Waals surface area contributed by atoms with Gasteiger partial charge in [0.1, 0.15) is 17.4 Å². The van der Waals surface area contributed by atoms with Gasteiger partial charge in [0.05, 0.1) is 28.9 Å². The highest BCUT2D eigenvalue weighted by Gasteiger charge is 2.26. The van der Waals surface area contributed by atoms with Crippen molar-refractivity contribution in [3.05, 3.63) is 76.1 Å². The quantitative estimate of drug-likeness (QED) is 0.325. The lowest BCUT2D eigenvalue weighted by Crippen LogP contribution is -2.31. The molecule has 0 fully saturated rings. The molecule has 0 radical (unpaired) electrons. The Hall–Kier alpha value is -3.54. The number of aliphatic hydroxyl groups excluding tert-OH is 1. The zero-order chi connectivity index (χ0) is 26.7. The number of hydrogen-bond acceptors (Lipinski definition) is 7. The maximum atomic E-state index is 13.4. The van der Waals surface area contributed by atoms with Gasteiger partial charge in [0.25, 0.3) is 0 Å². The van der Waals surface area contributed by atoms with Crippen molar-refractivity contribution in [3.63, 3.8) is 0 Å². The molecule has 2 aromatic carbocycles. The predicted molar refractivity (Wildman–Crippen MR) is 140 cm³/mol. The van der Waals surface area contributed by atoms with Crippen LogP contribution in [0.1, 0.15) is 43.5 Å². The number of likely N-dealkylation sites (N-methyl/N-ethyl adjacent to an activating group) is 1. The van der Waals surface area contributed by atoms with Gasteiger partial charge < -0.3 is 9.84 Å². The van der Waals surface area contributed by atoms with Crippen molar-refractivity contribution < 1.29 is 18.3 Å². The first-order valence-electron chi connectivity index (χ1n) is 12.1. The molecule has 196 valence electrons. The molecule has 2 aromatic heterocycles. The summed E-state index contributed by atoms with van der Waals surface area (Å²) in [5.74, 6) is 1.09. The summed E-state index contributed by atoms with van der Waals surface area (Å²) >= 11 is 0. The number of ether oxygens (including phenoxy) is 1. The number of benzene rings is 2. The van der Waals surface area contributed by atoms with Gasteiger partial charge in [-0.3, -0.25) is 4.98 Å². The second-order valence-corrected chi connectivity index (χ2v) is 10.8. The van der Waals surface area contributed by atoms with Gasteiger partial charge in [-0.05, 0) is 44.0 Å². The van der Waals surface area contributed by atoms with Gasteiger partial charge in [-0.2, -0.15) is 4.31 Å². The summed E-state index contributed by atoms with van der Waals surface area (Å²) in [5.41, 5.74) is 1.65. The normalized spacial score (nSPS) is 12.8. The van der Waals surface area contributed by atoms with Crippen LogP contribution in [0.15, 0.2) is 58.2 Å². The number of aromatic amines is 1. The molecule has 37 heavy (non-hydrogen) atoms. The lowest BCUT2D eigenvalue weighted by atomic mass is 10.1. The minimum absolute atomic E-state index is 0.0188. The van der Waals surface area contributed by atoms with Gasteiger partial charge in [-0.15, -0.1) is 0 Å². The largest absolute Gasteiger partial charge is 0.493 e. The summed E-state index contributed by atoms with van der Waals surface area (Å²) in [6.07, 6.45) is 0.481. The Balaban J connectivity index is 1.77. The van der Waals surface area contributed by atoms with Crippen LogP contribution in [-0.2, 0) is 16.4 Å². The Morgan fingerprint density at radius 3 is 2.54 bits per heavy atom. The highest BCUT2D eigenvalue weighted by Crippen LogP contribution is 2.32. The molecule has 0 aliphatic rings. The molecule has 0 aliphatic heterocycles. The fraction of sp³-hybridized carbons (Fsp3) is 0.346. The zero-order valence-electron chi connectivity index (χ0n) is 21.3. The third-order valence-corrected chi connectivity index (χ3v) is 7.87. The third kappa shape index (κ3) is 5.29. The summed E-state index contributed by atoms with van der Waals surface area (Å²) in [7, 11) is -2.58. The number of aromatic nitrogens is 4. The maximum Gasteiger partial charge on any atom is 0.334 e. The van der Waals surface area contributed by atoms with Gasteiger partial charge in [-0.25, -0.2) is 27.6 Å². The summed E-state index contributed by atoms with van der Waals surface area (Å²) < 4.78 is 35.1. The van der Waals surface area contributed by atoms with Crippen LogP contribution in [0.5, 0.6) is 5.75 Å². The Morgan fingerprint density at radius 1 is 1.14 bits per heavy atom. The topological polar surface area (TPSA) is 130 Å². The minimum atomic E-state index is -3.99. The highest BCUT2D eigenvalue weighted by atomic mass is 32.2. The van der Waals surface area contributed by atoms with E-state index in [2.05, 4.69) is 15.0 Å². The number of sulfonamides is 1. The molecule has 1 atom stereocenters. The van der Waals surface area contributed by atoms with Gasteiger partial charge in [-0.1, -0.05) is 43.7 Å². The fourth-order valence-electron chi connectivity index (χ4n) is 4.20. The molecule has 0 saturated heterocycles. The monoisotopic (exact) mass is 525 g/mol. The zero-order valence-corrected chi connectivity index (χ0v) is 22.1. The smallest absolute Gasteiger partial charge is 0.334 e. The van der Waals surface area contributed by atoms with Crippen molar-refractivity contribution in [2.75, 3.05) is 20.2 Å². The minimum Gasteiger partial charge on any atom is -0.493 e. The Bertz CT molecular complexity index is 1560. The Morgan fingerprint density at radius 2 is 1.86 bits per heavy atom. The number of nitrogens with one attached hydrogen (secondary N) is 1. The highest BCUT2D eigenvalue weighted by molar-refractivity contribution is 7.89. The summed E-state index contributed by atoms with van der Waals surface area (Å²) in [5, 5.41) is 10.6. The van der Waals surface area contributed by atoms with Crippen LogP contribution in [0.2, 0.25) is 0 Å². The first-order valence-corrected chi connectivity index (χ1v) is 13.6. The first kappa shape index (κ1) is 26.5. The number of imidazole rings is 1. The van der Waals surface area contributed by atoms with Crippen LogP contribution in [0.25, 0.3) is 17.0 Å². The van der Waals surface area contributed by atoms with Gasteiger partial charge in [0, 0.05) is 13.6 Å². The lowest BCUT2D eigenvalue weighted by Gasteiger charge is -2.21. The van der Waals surface area contributed by atoms with Crippen molar-refractivity contribution in [2.24, 2.45) is 0 Å². The molecule has 2 N–H and O–H groups in total. The molecular formula is C26H31N5O5S. The van der Waals surface area contributed by atoms with Crippen molar-refractivity contribution in [3.8, 4) is 17.1 Å². The third-order valence-electron chi connectivity index (χ3n) is 6.05. The number of rotatable bonds is 10. The summed E-state index contributed by atoms with van der Waals surface area (Å²) in [6, 6.07) is 13.3. The molecule has 0 spiro atoms. The van der Waals surface area contributed by atoms with Crippen LogP contribution < -0.4 is 10.4 Å². The van der Waals surface area contributed by atoms with E-state index < -0.39 is 21.8 Å². The summed E-state index contributed by atoms with van der Waals surface area (Å²) in [4.78, 5) is 24.8. The summed E-state index contributed by atoms with van der Waals surface area (Å²) in [6.45, 7) is 5.77. The molecule has 0 saturated carbocycles. The molecule has 4 aromatic rings. The van der Waals surface area contributed by atoms with E-state index in [9.17, 15) is 18.3 Å². The van der Waals surface area contributed by atoms with E-state index in [1.165, 1.54) is 23.6 Å². The van der Waals surface area contributed by atoms with Crippen LogP contribution in [0.3, 0.4) is 0 Å². The molecule has 2 heterocycles. The second kappa shape index (κ2) is 10.8. The number of H-pyrrole nitrogens is 1. The average Bonchev–Trinajstić information content (AvgIpc) is 3.20. The van der Waals surface area contributed by atoms with Crippen LogP contribution >= 0.6 is 0 Å². The Kier molecular flexibility index (Phi) is 7.76. The molecule has 1 unspecified atom stereocenters. The molecule has 0 amide bonds. The van der Waals surface area contributed by atoms with Crippen LogP contribution in [-0.4, -0.2) is 57.4 Å². The SMILES string of the molecule is CCCc1nc(C)n2c(=O)[nH]c(-c3cc(S(=O)(=O)N(C)CC(O)c4ccccc4)ccc3OCC)nc12. The number of hydrogen-bond donors (Lipinski definition) is 2. The molecule has 0 bridgehead atoms. The van der Waals surface area contributed by atoms with Crippen LogP contribution in [0.4, 0.5) is 0 Å². The number of aliphatic hydroxyl groups is 1. The molecule has 11 heteroatoms. The van der Waals surface area contributed by atoms with E-state index in [1.807, 2.05) is 19.9 Å². The molecule has 4 rings (SSSR count). The lowest BCUT2D eigenvalue weighted by molar-refractivity contribution is 0.155. The average molecular weight is 526 g/mol. The van der Waals surface area contributed by atoms with Crippen molar-refractivity contribution >= 4 is 15.7 Å². The van der Waals surface area contributed by atoms with E-state index in [0.717, 1.165) is 10.7 Å². The maximum absolute atomic E-state index is 13.4. The standard InChI is InChI=1S/C26H31N5O5S/c1-5-10-21-25-28-24(29-26(33)31(25)17(3)27-21)20-15-19(13-14-23(20)36-6-2)37(34,35)30(4)16-22(32)18-11-8-7-9-12-18/h7-9,11-15,22,32H,5-6,10,16H2,1-4H3,(H,28,29,33). The van der Waals surface area contributed by atoms with Gasteiger partial charge in [0.2, 0.25) is 10.0 Å². The van der Waals surface area contributed by atoms with E-state index in [4.69, 9.17) is 4.74 Å². The van der Waals surface area contributed by atoms with E-state index in [-0.39, 0.29) is 17.3 Å². The number of fused-ring (bicyclic) bond motifs is 1. The van der Waals surface area contributed by atoms with Crippen molar-refractivity contribution in [2.45, 2.75) is 44.6 Å².